The molecule has 1 saturated heterocycles. The van der Waals surface area contributed by atoms with Crippen LogP contribution in [0.4, 0.5) is 5.69 Å². The molecule has 0 N–H and O–H groups in total. The molecule has 0 aliphatic carbocycles. The standard InChI is InChI=1S/C16H24N2O.ClH/c1-12-8-10-14(11-9-12)18(4)16(19)15-7-5-6-13(2)17(15)3;/h8-11,13,15H,5-7H2,1-4H3;1H. The Morgan fingerprint density at radius 3 is 2.45 bits per heavy atom. The van der Waals surface area contributed by atoms with E-state index in [-0.39, 0.29) is 24.4 Å². The highest BCUT2D eigenvalue weighted by molar-refractivity contribution is 5.96. The van der Waals surface area contributed by atoms with Crippen LogP contribution in [0.25, 0.3) is 0 Å². The predicted octanol–water partition coefficient (Wildman–Crippen LogP) is 3.25. The van der Waals surface area contributed by atoms with Gasteiger partial charge in [0.2, 0.25) is 5.91 Å². The van der Waals surface area contributed by atoms with Gasteiger partial charge in [0, 0.05) is 18.8 Å². The summed E-state index contributed by atoms with van der Waals surface area (Å²) in [5.41, 5.74) is 2.19. The highest BCUT2D eigenvalue weighted by atomic mass is 35.5. The normalized spacial score (nSPS) is 23.0. The first kappa shape index (κ1) is 17.0. The Hall–Kier alpha value is -1.06. The average molecular weight is 297 g/mol. The molecular weight excluding hydrogens is 272 g/mol. The number of nitrogens with zero attached hydrogens (tertiary/aromatic N) is 2. The molecule has 0 aromatic heterocycles. The number of hydrogen-bond acceptors (Lipinski definition) is 2. The van der Waals surface area contributed by atoms with Crippen LogP contribution in [0.1, 0.15) is 31.7 Å². The molecule has 4 heteroatoms. The van der Waals surface area contributed by atoms with E-state index in [1.807, 2.05) is 31.3 Å². The molecule has 1 aromatic carbocycles. The summed E-state index contributed by atoms with van der Waals surface area (Å²) in [6, 6.07) is 8.64. The number of anilines is 1. The molecule has 2 unspecified atom stereocenters. The summed E-state index contributed by atoms with van der Waals surface area (Å²) >= 11 is 0. The molecule has 3 nitrogen and oxygen atoms in total. The molecule has 1 fully saturated rings. The third-order valence-electron chi connectivity index (χ3n) is 4.32. The van der Waals surface area contributed by atoms with E-state index in [1.54, 1.807) is 4.90 Å². The molecule has 0 saturated carbocycles. The van der Waals surface area contributed by atoms with Gasteiger partial charge in [-0.05, 0) is 52.3 Å². The molecule has 0 spiro atoms. The lowest BCUT2D eigenvalue weighted by molar-refractivity contribution is -0.125. The van der Waals surface area contributed by atoms with E-state index in [2.05, 4.69) is 25.8 Å². The number of rotatable bonds is 2. The fourth-order valence-corrected chi connectivity index (χ4v) is 2.74. The molecular formula is C16H25ClN2O. The number of amides is 1. The van der Waals surface area contributed by atoms with Gasteiger partial charge >= 0.3 is 0 Å². The fourth-order valence-electron chi connectivity index (χ4n) is 2.74. The van der Waals surface area contributed by atoms with E-state index >= 15 is 0 Å². The second kappa shape index (κ2) is 7.09. The number of likely N-dealkylation sites (N-methyl/N-ethyl adjacent to an activating group) is 2. The number of carbonyl (C=O) groups is 1. The topological polar surface area (TPSA) is 23.6 Å². The smallest absolute Gasteiger partial charge is 0.244 e. The van der Waals surface area contributed by atoms with Crippen LogP contribution in [0, 0.1) is 6.92 Å². The van der Waals surface area contributed by atoms with Crippen molar-refractivity contribution >= 4 is 24.0 Å². The van der Waals surface area contributed by atoms with Crippen LogP contribution in [0.2, 0.25) is 0 Å². The van der Waals surface area contributed by atoms with Crippen molar-refractivity contribution in [3.63, 3.8) is 0 Å². The third-order valence-corrected chi connectivity index (χ3v) is 4.32. The van der Waals surface area contributed by atoms with Crippen molar-refractivity contribution in [1.82, 2.24) is 4.90 Å². The number of aryl methyl sites for hydroxylation is 1. The van der Waals surface area contributed by atoms with E-state index in [0.717, 1.165) is 18.5 Å². The van der Waals surface area contributed by atoms with Gasteiger partial charge in [-0.1, -0.05) is 17.7 Å². The van der Waals surface area contributed by atoms with Crippen LogP contribution in [-0.2, 0) is 4.79 Å². The Bertz CT molecular complexity index is 446. The zero-order valence-corrected chi connectivity index (χ0v) is 13.6. The summed E-state index contributed by atoms with van der Waals surface area (Å²) in [6.45, 7) is 4.26. The van der Waals surface area contributed by atoms with Gasteiger partial charge in [0.25, 0.3) is 0 Å². The Morgan fingerprint density at radius 2 is 1.85 bits per heavy atom. The lowest BCUT2D eigenvalue weighted by Gasteiger charge is -2.38. The van der Waals surface area contributed by atoms with Crippen LogP contribution < -0.4 is 4.90 Å². The van der Waals surface area contributed by atoms with Crippen molar-refractivity contribution in [3.8, 4) is 0 Å². The minimum atomic E-state index is 0. The molecule has 1 heterocycles. The van der Waals surface area contributed by atoms with Crippen molar-refractivity contribution in [1.29, 1.82) is 0 Å². The molecule has 2 rings (SSSR count). The summed E-state index contributed by atoms with van der Waals surface area (Å²) in [7, 11) is 3.94. The highest BCUT2D eigenvalue weighted by Gasteiger charge is 2.32. The highest BCUT2D eigenvalue weighted by Crippen LogP contribution is 2.24. The maximum atomic E-state index is 12.6. The van der Waals surface area contributed by atoms with Crippen LogP contribution in [-0.4, -0.2) is 37.0 Å². The molecule has 1 aliphatic rings. The molecule has 1 amide bonds. The summed E-state index contributed by atoms with van der Waals surface area (Å²) in [4.78, 5) is 16.6. The van der Waals surface area contributed by atoms with E-state index in [0.29, 0.717) is 6.04 Å². The molecule has 0 bridgehead atoms. The first-order valence-corrected chi connectivity index (χ1v) is 7.07. The molecule has 2 atom stereocenters. The number of carbonyl (C=O) groups excluding carboxylic acids is 1. The van der Waals surface area contributed by atoms with Gasteiger partial charge in [0.1, 0.15) is 0 Å². The Labute approximate surface area is 128 Å². The summed E-state index contributed by atoms with van der Waals surface area (Å²) < 4.78 is 0. The van der Waals surface area contributed by atoms with Gasteiger partial charge in [-0.15, -0.1) is 12.4 Å². The van der Waals surface area contributed by atoms with Gasteiger partial charge in [-0.25, -0.2) is 0 Å². The summed E-state index contributed by atoms with van der Waals surface area (Å²) in [6.07, 6.45) is 3.30. The first-order chi connectivity index (χ1) is 9.00. The minimum absolute atomic E-state index is 0. The Morgan fingerprint density at radius 1 is 1.25 bits per heavy atom. The lowest BCUT2D eigenvalue weighted by Crippen LogP contribution is -2.51. The maximum absolute atomic E-state index is 12.6. The number of hydrogen-bond donors (Lipinski definition) is 0. The predicted molar refractivity (Wildman–Crippen MR) is 86.7 cm³/mol. The Kier molecular flexibility index (Phi) is 6.03. The Balaban J connectivity index is 0.00000200. The van der Waals surface area contributed by atoms with Crippen molar-refractivity contribution in [2.24, 2.45) is 0 Å². The zero-order valence-electron chi connectivity index (χ0n) is 12.8. The van der Waals surface area contributed by atoms with E-state index in [1.165, 1.54) is 12.0 Å². The van der Waals surface area contributed by atoms with Gasteiger partial charge in [-0.2, -0.15) is 0 Å². The second-order valence-corrected chi connectivity index (χ2v) is 5.69. The number of likely N-dealkylation sites (tertiary alicyclic amines) is 1. The van der Waals surface area contributed by atoms with Crippen LogP contribution in [0.3, 0.4) is 0 Å². The molecule has 112 valence electrons. The number of halogens is 1. The van der Waals surface area contributed by atoms with Gasteiger partial charge in [-0.3, -0.25) is 9.69 Å². The monoisotopic (exact) mass is 296 g/mol. The van der Waals surface area contributed by atoms with Gasteiger partial charge in [0.05, 0.1) is 6.04 Å². The summed E-state index contributed by atoms with van der Waals surface area (Å²) in [5.74, 6) is 0.206. The second-order valence-electron chi connectivity index (χ2n) is 5.69. The van der Waals surface area contributed by atoms with Crippen molar-refractivity contribution in [2.45, 2.75) is 45.2 Å². The minimum Gasteiger partial charge on any atom is -0.314 e. The average Bonchev–Trinajstić information content (AvgIpc) is 2.41. The first-order valence-electron chi connectivity index (χ1n) is 7.07. The largest absolute Gasteiger partial charge is 0.314 e. The van der Waals surface area contributed by atoms with E-state index in [9.17, 15) is 4.79 Å². The fraction of sp³-hybridized carbons (Fsp3) is 0.562. The lowest BCUT2D eigenvalue weighted by atomic mass is 9.96. The molecule has 20 heavy (non-hydrogen) atoms. The van der Waals surface area contributed by atoms with E-state index in [4.69, 9.17) is 0 Å². The van der Waals surface area contributed by atoms with Crippen LogP contribution >= 0.6 is 12.4 Å². The van der Waals surface area contributed by atoms with Crippen molar-refractivity contribution < 1.29 is 4.79 Å². The molecule has 1 aromatic rings. The van der Waals surface area contributed by atoms with Crippen molar-refractivity contribution in [3.05, 3.63) is 29.8 Å². The maximum Gasteiger partial charge on any atom is 0.244 e. The van der Waals surface area contributed by atoms with Crippen molar-refractivity contribution in [2.75, 3.05) is 19.0 Å². The third kappa shape index (κ3) is 3.53. The number of benzene rings is 1. The molecule has 1 aliphatic heterocycles. The molecule has 0 radical (unpaired) electrons. The SMILES string of the molecule is Cc1ccc(N(C)C(=O)C2CCCC(C)N2C)cc1.Cl. The van der Waals surface area contributed by atoms with E-state index < -0.39 is 0 Å². The quantitative estimate of drug-likeness (QED) is 0.836. The van der Waals surface area contributed by atoms with Gasteiger partial charge in [0.15, 0.2) is 0 Å². The summed E-state index contributed by atoms with van der Waals surface area (Å²) in [5, 5.41) is 0. The van der Waals surface area contributed by atoms with Crippen LogP contribution in [0.5, 0.6) is 0 Å². The number of piperidine rings is 1. The van der Waals surface area contributed by atoms with Gasteiger partial charge < -0.3 is 4.90 Å². The van der Waals surface area contributed by atoms with Crippen LogP contribution in [0.15, 0.2) is 24.3 Å². The zero-order chi connectivity index (χ0) is 14.0.